The van der Waals surface area contributed by atoms with E-state index in [0.717, 1.165) is 49.2 Å². The van der Waals surface area contributed by atoms with E-state index < -0.39 is 15.9 Å². The van der Waals surface area contributed by atoms with Gasteiger partial charge in [-0.2, -0.15) is 8.42 Å². The molecule has 1 aliphatic heterocycles. The Morgan fingerprint density at radius 3 is 2.48 bits per heavy atom. The van der Waals surface area contributed by atoms with Crippen molar-refractivity contribution in [3.05, 3.63) is 69.4 Å². The van der Waals surface area contributed by atoms with Crippen molar-refractivity contribution in [2.45, 2.75) is 50.4 Å². The molecule has 1 saturated heterocycles. The Bertz CT molecular complexity index is 1500. The number of hydrogen-bond donors (Lipinski definition) is 2. The van der Waals surface area contributed by atoms with E-state index >= 15 is 0 Å². The number of aromatic nitrogens is 1. The van der Waals surface area contributed by atoms with Gasteiger partial charge in [0.1, 0.15) is 11.5 Å². The van der Waals surface area contributed by atoms with Crippen molar-refractivity contribution in [2.24, 2.45) is 5.92 Å². The molecule has 2 saturated carbocycles. The van der Waals surface area contributed by atoms with Crippen LogP contribution in [-0.2, 0) is 21.5 Å². The Balaban J connectivity index is 1.08. The summed E-state index contributed by atoms with van der Waals surface area (Å²) in [6.45, 7) is 1.10. The number of fused-ring (bicyclic) bond motifs is 2. The Labute approximate surface area is 242 Å². The van der Waals surface area contributed by atoms with Gasteiger partial charge in [-0.15, -0.1) is 0 Å². The van der Waals surface area contributed by atoms with Crippen LogP contribution in [0.5, 0.6) is 0 Å². The summed E-state index contributed by atoms with van der Waals surface area (Å²) < 4.78 is 42.8. The fourth-order valence-corrected chi connectivity index (χ4v) is 6.80. The van der Waals surface area contributed by atoms with Crippen LogP contribution in [-0.4, -0.2) is 55.0 Å². The lowest BCUT2D eigenvalue weighted by Crippen LogP contribution is -2.38. The summed E-state index contributed by atoms with van der Waals surface area (Å²) in [5.74, 6) is 0.709. The molecule has 40 heavy (non-hydrogen) atoms. The molecule has 9 nitrogen and oxygen atoms in total. The smallest absolute Gasteiger partial charge is 0.266 e. The van der Waals surface area contributed by atoms with Crippen LogP contribution in [0.4, 0.5) is 5.69 Å². The van der Waals surface area contributed by atoms with Crippen LogP contribution >= 0.6 is 23.2 Å². The molecule has 2 bridgehead atoms. The summed E-state index contributed by atoms with van der Waals surface area (Å²) in [7, 11) is -4.12. The first-order valence-electron chi connectivity index (χ1n) is 13.3. The van der Waals surface area contributed by atoms with Gasteiger partial charge in [0, 0.05) is 53.3 Å². The van der Waals surface area contributed by atoms with Crippen molar-refractivity contribution in [3.8, 4) is 11.3 Å². The molecule has 3 aromatic rings. The fourth-order valence-electron chi connectivity index (χ4n) is 5.87. The maximum atomic E-state index is 12.3. The number of halogens is 2. The Hall–Kier alpha value is -2.63. The van der Waals surface area contributed by atoms with Crippen LogP contribution in [0.2, 0.25) is 10.0 Å². The van der Waals surface area contributed by atoms with Gasteiger partial charge in [-0.3, -0.25) is 9.35 Å². The minimum Gasteiger partial charge on any atom is -0.373 e. The molecule has 212 valence electrons. The molecular formula is C28H29Cl2N3O6S. The monoisotopic (exact) mass is 605 g/mol. The lowest BCUT2D eigenvalue weighted by Gasteiger charge is -2.33. The number of hydrogen-bond acceptors (Lipinski definition) is 7. The summed E-state index contributed by atoms with van der Waals surface area (Å²) in [4.78, 5) is 14.6. The Morgan fingerprint density at radius 1 is 1.12 bits per heavy atom. The van der Waals surface area contributed by atoms with E-state index in [1.54, 1.807) is 24.3 Å². The first-order chi connectivity index (χ1) is 19.2. The second-order valence-electron chi connectivity index (χ2n) is 10.7. The maximum Gasteiger partial charge on any atom is 0.266 e. The van der Waals surface area contributed by atoms with Crippen LogP contribution in [0.25, 0.3) is 11.3 Å². The van der Waals surface area contributed by atoms with E-state index in [1.165, 1.54) is 0 Å². The highest BCUT2D eigenvalue weighted by atomic mass is 35.5. The van der Waals surface area contributed by atoms with Crippen LogP contribution in [0.15, 0.2) is 47.0 Å². The van der Waals surface area contributed by atoms with E-state index in [-0.39, 0.29) is 18.6 Å². The third-order valence-corrected chi connectivity index (χ3v) is 9.34. The summed E-state index contributed by atoms with van der Waals surface area (Å²) >= 11 is 13.0. The molecule has 2 aliphatic carbocycles. The van der Waals surface area contributed by atoms with E-state index in [2.05, 4.69) is 15.4 Å². The van der Waals surface area contributed by atoms with Gasteiger partial charge in [0.25, 0.3) is 16.0 Å². The molecule has 1 amide bonds. The highest BCUT2D eigenvalue weighted by molar-refractivity contribution is 7.85. The number of piperidine rings is 1. The van der Waals surface area contributed by atoms with Gasteiger partial charge in [-0.05, 0) is 62.1 Å². The van der Waals surface area contributed by atoms with Crippen molar-refractivity contribution in [3.63, 3.8) is 0 Å². The molecule has 0 unspecified atom stereocenters. The summed E-state index contributed by atoms with van der Waals surface area (Å²) in [6, 6.07) is 13.0. The van der Waals surface area contributed by atoms with E-state index in [4.69, 9.17) is 37.0 Å². The lowest BCUT2D eigenvalue weighted by atomic mass is 10.0. The predicted octanol–water partition coefficient (Wildman–Crippen LogP) is 5.33. The number of nitrogens with one attached hydrogen (secondary N) is 1. The Morgan fingerprint density at radius 2 is 1.85 bits per heavy atom. The largest absolute Gasteiger partial charge is 0.373 e. The molecule has 3 aliphatic rings. The van der Waals surface area contributed by atoms with Crippen molar-refractivity contribution >= 4 is 44.9 Å². The van der Waals surface area contributed by atoms with Crippen LogP contribution in [0.3, 0.4) is 0 Å². The van der Waals surface area contributed by atoms with Gasteiger partial charge in [-0.25, -0.2) is 0 Å². The normalized spacial score (nSPS) is 22.2. The number of nitrogens with zero attached hydrogens (tertiary/aromatic N) is 2. The van der Waals surface area contributed by atoms with Crippen molar-refractivity contribution in [2.75, 3.05) is 23.7 Å². The number of carbonyl (C=O) groups excluding carboxylic acids is 1. The highest BCUT2D eigenvalue weighted by Crippen LogP contribution is 2.47. The second-order valence-corrected chi connectivity index (χ2v) is 13.1. The van der Waals surface area contributed by atoms with Crippen LogP contribution in [0, 0.1) is 5.92 Å². The SMILES string of the molecule is O=C(NCCS(=O)(=O)O)c1ccc(N2C[C@@H]3C[C@H]2C[C@H]3OCc2c(-c3c(Cl)cccc3Cl)noc2C2CC2)cc1. The molecule has 2 N–H and O–H groups in total. The molecule has 6 rings (SSSR count). The first-order valence-corrected chi connectivity index (χ1v) is 15.7. The molecule has 2 heterocycles. The molecule has 12 heteroatoms. The van der Waals surface area contributed by atoms with Gasteiger partial charge in [0.15, 0.2) is 0 Å². The average Bonchev–Trinajstić information content (AvgIpc) is 3.36. The third kappa shape index (κ3) is 5.73. The second kappa shape index (κ2) is 11.0. The molecular weight excluding hydrogens is 577 g/mol. The molecule has 0 radical (unpaired) electrons. The molecule has 3 fully saturated rings. The van der Waals surface area contributed by atoms with Gasteiger partial charge in [-0.1, -0.05) is 34.4 Å². The fraction of sp³-hybridized carbons (Fsp3) is 0.429. The van der Waals surface area contributed by atoms with Crippen molar-refractivity contribution < 1.29 is 27.0 Å². The number of benzene rings is 2. The number of amides is 1. The highest BCUT2D eigenvalue weighted by Gasteiger charge is 2.45. The van der Waals surface area contributed by atoms with E-state index in [9.17, 15) is 13.2 Å². The zero-order valence-corrected chi connectivity index (χ0v) is 23.9. The van der Waals surface area contributed by atoms with Crippen molar-refractivity contribution in [1.82, 2.24) is 10.5 Å². The number of carbonyl (C=O) groups is 1. The van der Waals surface area contributed by atoms with Crippen LogP contribution < -0.4 is 10.2 Å². The van der Waals surface area contributed by atoms with Crippen molar-refractivity contribution in [1.29, 1.82) is 0 Å². The first kappa shape index (κ1) is 27.5. The molecule has 2 aromatic carbocycles. The molecule has 1 aromatic heterocycles. The average molecular weight is 607 g/mol. The number of rotatable bonds is 10. The van der Waals surface area contributed by atoms with Gasteiger partial charge in [0.2, 0.25) is 0 Å². The minimum absolute atomic E-state index is 0.116. The predicted molar refractivity (Wildman–Crippen MR) is 152 cm³/mol. The lowest BCUT2D eigenvalue weighted by molar-refractivity contribution is 0.0122. The zero-order chi connectivity index (χ0) is 28.0. The topological polar surface area (TPSA) is 122 Å². The number of anilines is 1. The maximum absolute atomic E-state index is 12.3. The standard InChI is InChI=1S/C28H29Cl2N3O6S/c29-22-2-1-3-23(30)25(22)26-21(27(39-32-26)16-4-5-16)15-38-24-13-20-12-18(24)14-33(20)19-8-6-17(7-9-19)28(34)31-10-11-40(35,36)37/h1-3,6-9,16,18,20,24H,4-5,10-15H2,(H,31,34)(H,35,36,37)/t18-,20-,24+/m0/s1. The molecule has 3 atom stereocenters. The zero-order valence-electron chi connectivity index (χ0n) is 21.6. The number of ether oxygens (including phenoxy) is 1. The van der Waals surface area contributed by atoms with Gasteiger partial charge in [0.05, 0.1) is 28.5 Å². The summed E-state index contributed by atoms with van der Waals surface area (Å²) in [6.07, 6.45) is 4.20. The van der Waals surface area contributed by atoms with E-state index in [1.807, 2.05) is 18.2 Å². The molecule has 0 spiro atoms. The Kier molecular flexibility index (Phi) is 7.56. The minimum atomic E-state index is -4.12. The van der Waals surface area contributed by atoms with Crippen LogP contribution in [0.1, 0.15) is 53.3 Å². The van der Waals surface area contributed by atoms with Gasteiger partial charge < -0.3 is 19.5 Å². The summed E-state index contributed by atoms with van der Waals surface area (Å²) in [5, 5.41) is 7.92. The summed E-state index contributed by atoms with van der Waals surface area (Å²) in [5.41, 5.74) is 3.73. The quantitative estimate of drug-likeness (QED) is 0.297. The van der Waals surface area contributed by atoms with E-state index in [0.29, 0.717) is 51.4 Å². The third-order valence-electron chi connectivity index (χ3n) is 7.99. The van der Waals surface area contributed by atoms with Gasteiger partial charge >= 0.3 is 0 Å².